The fourth-order valence-electron chi connectivity index (χ4n) is 3.07. The molecule has 0 aliphatic carbocycles. The highest BCUT2D eigenvalue weighted by atomic mass is 35.5. The van der Waals surface area contributed by atoms with E-state index < -0.39 is 10.0 Å². The second-order valence-corrected chi connectivity index (χ2v) is 10.0. The number of hydrogen-bond donors (Lipinski definition) is 1. The predicted octanol–water partition coefficient (Wildman–Crippen LogP) is 4.25. The second kappa shape index (κ2) is 9.84. The highest BCUT2D eigenvalue weighted by Crippen LogP contribution is 2.30. The zero-order chi connectivity index (χ0) is 20.9. The van der Waals surface area contributed by atoms with E-state index in [1.807, 2.05) is 12.1 Å². The van der Waals surface area contributed by atoms with E-state index in [1.54, 1.807) is 18.2 Å². The molecule has 0 unspecified atom stereocenters. The molecular weight excluding hydrogens is 432 g/mol. The van der Waals surface area contributed by atoms with Gasteiger partial charge >= 0.3 is 0 Å². The molecule has 1 aliphatic heterocycles. The molecule has 1 amide bonds. The number of hydrogen-bond acceptors (Lipinski definition) is 5. The lowest BCUT2D eigenvalue weighted by Crippen LogP contribution is -2.35. The fraction of sp³-hybridized carbons (Fsp3) is 0.350. The van der Waals surface area contributed by atoms with Gasteiger partial charge in [0.2, 0.25) is 15.9 Å². The van der Waals surface area contributed by atoms with Crippen LogP contribution in [0.5, 0.6) is 5.75 Å². The van der Waals surface area contributed by atoms with E-state index in [4.69, 9.17) is 16.3 Å². The minimum Gasteiger partial charge on any atom is -0.495 e. The number of benzene rings is 2. The lowest BCUT2D eigenvalue weighted by atomic mass is 10.2. The third-order valence-corrected chi connectivity index (χ3v) is 7.74. The van der Waals surface area contributed by atoms with Crippen molar-refractivity contribution in [3.8, 4) is 5.75 Å². The average molecular weight is 455 g/mol. The number of carbonyl (C=O) groups excluding carboxylic acids is 1. The molecule has 29 heavy (non-hydrogen) atoms. The second-order valence-electron chi connectivity index (χ2n) is 6.62. The zero-order valence-corrected chi connectivity index (χ0v) is 18.4. The minimum atomic E-state index is -3.60. The summed E-state index contributed by atoms with van der Waals surface area (Å²) in [6, 6.07) is 11.8. The van der Waals surface area contributed by atoms with Crippen LogP contribution in [-0.4, -0.2) is 44.6 Å². The normalized spacial score (nSPS) is 15.1. The van der Waals surface area contributed by atoms with Crippen LogP contribution in [0.2, 0.25) is 5.02 Å². The molecule has 9 heteroatoms. The van der Waals surface area contributed by atoms with Gasteiger partial charge in [-0.3, -0.25) is 4.79 Å². The number of rotatable bonds is 7. The Hall–Kier alpha value is -1.74. The third-order valence-electron chi connectivity index (χ3n) is 4.58. The summed E-state index contributed by atoms with van der Waals surface area (Å²) in [6.45, 7) is 1.04. The number of methoxy groups -OCH3 is 1. The maximum Gasteiger partial charge on any atom is 0.243 e. The number of anilines is 1. The molecule has 6 nitrogen and oxygen atoms in total. The molecule has 1 fully saturated rings. The van der Waals surface area contributed by atoms with Gasteiger partial charge < -0.3 is 10.1 Å². The summed E-state index contributed by atoms with van der Waals surface area (Å²) in [5, 5.41) is 3.40. The van der Waals surface area contributed by atoms with Crippen molar-refractivity contribution in [2.45, 2.75) is 29.1 Å². The summed E-state index contributed by atoms with van der Waals surface area (Å²) in [5.41, 5.74) is 0.340. The number of sulfonamides is 1. The van der Waals surface area contributed by atoms with Gasteiger partial charge in [-0.15, -0.1) is 11.8 Å². The van der Waals surface area contributed by atoms with Crippen molar-refractivity contribution in [3.63, 3.8) is 0 Å². The summed E-state index contributed by atoms with van der Waals surface area (Å²) >= 11 is 7.23. The highest BCUT2D eigenvalue weighted by molar-refractivity contribution is 8.00. The lowest BCUT2D eigenvalue weighted by molar-refractivity contribution is -0.113. The van der Waals surface area contributed by atoms with Gasteiger partial charge in [-0.25, -0.2) is 8.42 Å². The molecule has 2 aromatic rings. The van der Waals surface area contributed by atoms with Crippen LogP contribution in [0, 0.1) is 0 Å². The number of nitrogens with zero attached hydrogens (tertiary/aromatic N) is 1. The molecule has 0 bridgehead atoms. The first-order valence-corrected chi connectivity index (χ1v) is 12.1. The molecule has 1 aliphatic rings. The van der Waals surface area contributed by atoms with Crippen LogP contribution in [0.1, 0.15) is 19.3 Å². The summed E-state index contributed by atoms with van der Waals surface area (Å²) in [6.07, 6.45) is 2.77. The molecule has 0 radical (unpaired) electrons. The van der Waals surface area contributed by atoms with Crippen molar-refractivity contribution in [1.29, 1.82) is 0 Å². The Kier molecular flexibility index (Phi) is 7.45. The molecule has 1 heterocycles. The number of nitrogens with one attached hydrogen (secondary N) is 1. The van der Waals surface area contributed by atoms with Crippen molar-refractivity contribution < 1.29 is 17.9 Å². The topological polar surface area (TPSA) is 75.7 Å². The van der Waals surface area contributed by atoms with Crippen molar-refractivity contribution in [3.05, 3.63) is 47.5 Å². The molecule has 0 aromatic heterocycles. The van der Waals surface area contributed by atoms with E-state index in [-0.39, 0.29) is 16.6 Å². The number of halogens is 1. The summed E-state index contributed by atoms with van der Waals surface area (Å²) in [4.78, 5) is 13.5. The maximum atomic E-state index is 12.9. The molecule has 1 saturated heterocycles. The lowest BCUT2D eigenvalue weighted by Gasteiger charge is -2.26. The van der Waals surface area contributed by atoms with Crippen LogP contribution in [0.4, 0.5) is 5.69 Å². The van der Waals surface area contributed by atoms with Gasteiger partial charge in [-0.05, 0) is 55.3 Å². The Morgan fingerprint density at radius 1 is 1.14 bits per heavy atom. The van der Waals surface area contributed by atoms with Crippen LogP contribution in [-0.2, 0) is 14.8 Å². The van der Waals surface area contributed by atoms with Crippen molar-refractivity contribution in [2.75, 3.05) is 31.3 Å². The Morgan fingerprint density at radius 3 is 2.48 bits per heavy atom. The molecule has 1 N–H and O–H groups in total. The number of carbonyl (C=O) groups is 1. The minimum absolute atomic E-state index is 0.154. The van der Waals surface area contributed by atoms with Crippen LogP contribution >= 0.6 is 23.4 Å². The van der Waals surface area contributed by atoms with Crippen LogP contribution < -0.4 is 10.1 Å². The largest absolute Gasteiger partial charge is 0.495 e. The molecule has 0 spiro atoms. The molecule has 3 rings (SSSR count). The van der Waals surface area contributed by atoms with Gasteiger partial charge in [0, 0.05) is 23.0 Å². The van der Waals surface area contributed by atoms with Crippen molar-refractivity contribution in [2.24, 2.45) is 0 Å². The zero-order valence-electron chi connectivity index (χ0n) is 16.1. The van der Waals surface area contributed by atoms with E-state index in [0.29, 0.717) is 29.5 Å². The molecule has 156 valence electrons. The van der Waals surface area contributed by atoms with Gasteiger partial charge in [0.25, 0.3) is 0 Å². The first kappa shape index (κ1) is 22.0. The smallest absolute Gasteiger partial charge is 0.243 e. The quantitative estimate of drug-likeness (QED) is 0.633. The Labute approximate surface area is 180 Å². The van der Waals surface area contributed by atoms with Crippen molar-refractivity contribution in [1.82, 2.24) is 4.31 Å². The van der Waals surface area contributed by atoms with Gasteiger partial charge in [0.05, 0.1) is 23.4 Å². The fourth-order valence-corrected chi connectivity index (χ4v) is 5.43. The third kappa shape index (κ3) is 5.66. The van der Waals surface area contributed by atoms with Gasteiger partial charge in [0.15, 0.2) is 0 Å². The van der Waals surface area contributed by atoms with Gasteiger partial charge in [-0.1, -0.05) is 18.0 Å². The maximum absolute atomic E-state index is 12.9. The van der Waals surface area contributed by atoms with E-state index in [9.17, 15) is 13.2 Å². The molecular formula is C20H23ClN2O4S2. The standard InChI is InChI=1S/C20H23ClN2O4S2/c1-27-19-10-9-17(29(25,26)23-11-3-2-4-12-23)13-18(19)22-20(24)14-28-16-7-5-15(21)6-8-16/h5-10,13H,2-4,11-12,14H2,1H3,(H,22,24). The van der Waals surface area contributed by atoms with Crippen molar-refractivity contribution >= 4 is 45.0 Å². The van der Waals surface area contributed by atoms with E-state index in [0.717, 1.165) is 24.2 Å². The molecule has 0 saturated carbocycles. The summed E-state index contributed by atoms with van der Waals surface area (Å²) < 4.78 is 32.6. The van der Waals surface area contributed by atoms with Crippen LogP contribution in [0.25, 0.3) is 0 Å². The predicted molar refractivity (Wildman–Crippen MR) is 116 cm³/mol. The summed E-state index contributed by atoms with van der Waals surface area (Å²) in [7, 11) is -2.12. The first-order chi connectivity index (χ1) is 13.9. The number of ether oxygens (including phenoxy) is 1. The molecule has 2 aromatic carbocycles. The van der Waals surface area contributed by atoms with E-state index in [1.165, 1.54) is 35.3 Å². The molecule has 0 atom stereocenters. The number of thioether (sulfide) groups is 1. The first-order valence-electron chi connectivity index (χ1n) is 9.26. The summed E-state index contributed by atoms with van der Waals surface area (Å²) in [5.74, 6) is 0.330. The Balaban J connectivity index is 1.72. The van der Waals surface area contributed by atoms with Gasteiger partial charge in [0.1, 0.15) is 5.75 Å². The van der Waals surface area contributed by atoms with Crippen LogP contribution in [0.15, 0.2) is 52.3 Å². The number of piperidine rings is 1. The Bertz CT molecular complexity index is 959. The van der Waals surface area contributed by atoms with E-state index in [2.05, 4.69) is 5.32 Å². The average Bonchev–Trinajstić information content (AvgIpc) is 2.74. The van der Waals surface area contributed by atoms with Crippen LogP contribution in [0.3, 0.4) is 0 Å². The Morgan fingerprint density at radius 2 is 1.83 bits per heavy atom. The number of amides is 1. The SMILES string of the molecule is COc1ccc(S(=O)(=O)N2CCCCC2)cc1NC(=O)CSc1ccc(Cl)cc1. The monoisotopic (exact) mass is 454 g/mol. The highest BCUT2D eigenvalue weighted by Gasteiger charge is 2.27. The van der Waals surface area contributed by atoms with Gasteiger partial charge in [-0.2, -0.15) is 4.31 Å². The van der Waals surface area contributed by atoms with E-state index >= 15 is 0 Å².